The van der Waals surface area contributed by atoms with E-state index in [1.807, 2.05) is 32.9 Å². The second kappa shape index (κ2) is 7.10. The third-order valence-electron chi connectivity index (χ3n) is 3.11. The highest BCUT2D eigenvalue weighted by Crippen LogP contribution is 2.24. The molecule has 2 heterocycles. The zero-order valence-electron chi connectivity index (χ0n) is 12.9. The fourth-order valence-electron chi connectivity index (χ4n) is 2.15. The summed E-state index contributed by atoms with van der Waals surface area (Å²) >= 11 is 4.90. The van der Waals surface area contributed by atoms with E-state index >= 15 is 0 Å². The molecule has 0 aliphatic carbocycles. The number of halogens is 1. The van der Waals surface area contributed by atoms with Crippen LogP contribution in [-0.4, -0.2) is 48.2 Å². The standard InChI is InChI=1S/C15H20BrNO4S/c1-15(2,3)21-14(19)17-6-7-20-9-11(17)12(18)8-10-4-5-13(16)22-10/h4-5,11H,6-9H2,1-3H3. The Hall–Kier alpha value is -0.920. The van der Waals surface area contributed by atoms with Crippen molar-refractivity contribution in [3.8, 4) is 0 Å². The number of morpholine rings is 1. The van der Waals surface area contributed by atoms with Gasteiger partial charge in [-0.1, -0.05) is 0 Å². The molecule has 5 nitrogen and oxygen atoms in total. The summed E-state index contributed by atoms with van der Waals surface area (Å²) < 4.78 is 11.8. The van der Waals surface area contributed by atoms with Crippen molar-refractivity contribution in [3.05, 3.63) is 20.8 Å². The van der Waals surface area contributed by atoms with Gasteiger partial charge in [-0.15, -0.1) is 11.3 Å². The van der Waals surface area contributed by atoms with Crippen LogP contribution in [0.4, 0.5) is 4.79 Å². The van der Waals surface area contributed by atoms with Gasteiger partial charge in [0.25, 0.3) is 0 Å². The van der Waals surface area contributed by atoms with Crippen LogP contribution < -0.4 is 0 Å². The Morgan fingerprint density at radius 2 is 2.18 bits per heavy atom. The van der Waals surface area contributed by atoms with Crippen LogP contribution in [0.3, 0.4) is 0 Å². The number of nitrogens with zero attached hydrogens (tertiary/aromatic N) is 1. The van der Waals surface area contributed by atoms with E-state index in [1.54, 1.807) is 0 Å². The molecule has 1 aliphatic heterocycles. The maximum atomic E-state index is 12.5. The van der Waals surface area contributed by atoms with Gasteiger partial charge in [-0.2, -0.15) is 0 Å². The van der Waals surface area contributed by atoms with Gasteiger partial charge in [0.05, 0.1) is 17.0 Å². The first kappa shape index (κ1) is 17.4. The first-order valence-electron chi connectivity index (χ1n) is 7.10. The van der Waals surface area contributed by atoms with Crippen LogP contribution in [-0.2, 0) is 20.7 Å². The molecule has 22 heavy (non-hydrogen) atoms. The summed E-state index contributed by atoms with van der Waals surface area (Å²) in [5, 5.41) is 0. The number of carbonyl (C=O) groups is 2. The predicted molar refractivity (Wildman–Crippen MR) is 88.3 cm³/mol. The summed E-state index contributed by atoms with van der Waals surface area (Å²) in [5.41, 5.74) is -0.582. The molecule has 1 aliphatic rings. The van der Waals surface area contributed by atoms with Crippen LogP contribution in [0.25, 0.3) is 0 Å². The van der Waals surface area contributed by atoms with Crippen molar-refractivity contribution in [2.24, 2.45) is 0 Å². The van der Waals surface area contributed by atoms with Crippen LogP contribution in [0.15, 0.2) is 15.9 Å². The van der Waals surface area contributed by atoms with Crippen LogP contribution in [0.2, 0.25) is 0 Å². The van der Waals surface area contributed by atoms with Gasteiger partial charge >= 0.3 is 6.09 Å². The molecule has 1 saturated heterocycles. The number of ketones is 1. The smallest absolute Gasteiger partial charge is 0.411 e. The number of hydrogen-bond donors (Lipinski definition) is 0. The molecule has 0 N–H and O–H groups in total. The van der Waals surface area contributed by atoms with Crippen molar-refractivity contribution in [2.75, 3.05) is 19.8 Å². The van der Waals surface area contributed by atoms with E-state index in [2.05, 4.69) is 15.9 Å². The van der Waals surface area contributed by atoms with Gasteiger partial charge in [0.2, 0.25) is 0 Å². The van der Waals surface area contributed by atoms with Crippen molar-refractivity contribution in [1.82, 2.24) is 4.90 Å². The van der Waals surface area contributed by atoms with Crippen molar-refractivity contribution in [2.45, 2.75) is 38.8 Å². The highest BCUT2D eigenvalue weighted by Gasteiger charge is 2.35. The lowest BCUT2D eigenvalue weighted by atomic mass is 10.1. The number of hydrogen-bond acceptors (Lipinski definition) is 5. The number of rotatable bonds is 3. The maximum absolute atomic E-state index is 12.5. The Morgan fingerprint density at radius 1 is 1.45 bits per heavy atom. The van der Waals surface area contributed by atoms with E-state index < -0.39 is 17.7 Å². The minimum atomic E-state index is -0.582. The second-order valence-corrected chi connectivity index (χ2v) is 8.66. The Labute approximate surface area is 142 Å². The largest absolute Gasteiger partial charge is 0.444 e. The Balaban J connectivity index is 2.05. The quantitative estimate of drug-likeness (QED) is 0.795. The summed E-state index contributed by atoms with van der Waals surface area (Å²) in [5.74, 6) is -0.0279. The third kappa shape index (κ3) is 4.79. The minimum absolute atomic E-state index is 0.0279. The van der Waals surface area contributed by atoms with Crippen LogP contribution >= 0.6 is 27.3 Å². The first-order valence-corrected chi connectivity index (χ1v) is 8.71. The van der Waals surface area contributed by atoms with Gasteiger partial charge in [-0.3, -0.25) is 9.69 Å². The topological polar surface area (TPSA) is 55.8 Å². The molecule has 1 aromatic heterocycles. The molecule has 0 aromatic carbocycles. The normalized spacial score (nSPS) is 19.1. The molecule has 0 bridgehead atoms. The fraction of sp³-hybridized carbons (Fsp3) is 0.600. The molecule has 7 heteroatoms. The second-order valence-electron chi connectivity index (χ2n) is 6.11. The Kier molecular flexibility index (Phi) is 5.63. The molecule has 1 aromatic rings. The predicted octanol–water partition coefficient (Wildman–Crippen LogP) is 3.26. The fourth-order valence-corrected chi connectivity index (χ4v) is 3.64. The highest BCUT2D eigenvalue weighted by molar-refractivity contribution is 9.11. The molecular weight excluding hydrogens is 370 g/mol. The summed E-state index contributed by atoms with van der Waals surface area (Å²) in [6, 6.07) is 3.24. The van der Waals surface area contributed by atoms with Gasteiger partial charge in [0.1, 0.15) is 11.6 Å². The van der Waals surface area contributed by atoms with Crippen LogP contribution in [0, 0.1) is 0 Å². The van der Waals surface area contributed by atoms with Crippen molar-refractivity contribution in [3.63, 3.8) is 0 Å². The van der Waals surface area contributed by atoms with Gasteiger partial charge < -0.3 is 9.47 Å². The highest BCUT2D eigenvalue weighted by atomic mass is 79.9. The first-order chi connectivity index (χ1) is 10.3. The average Bonchev–Trinajstić information content (AvgIpc) is 2.82. The maximum Gasteiger partial charge on any atom is 0.411 e. The Morgan fingerprint density at radius 3 is 2.77 bits per heavy atom. The van der Waals surface area contributed by atoms with E-state index in [9.17, 15) is 9.59 Å². The van der Waals surface area contributed by atoms with Crippen molar-refractivity contribution in [1.29, 1.82) is 0 Å². The number of Topliss-reactive ketones (excluding diaryl/α,β-unsaturated/α-hetero) is 1. The van der Waals surface area contributed by atoms with Gasteiger partial charge in [0.15, 0.2) is 5.78 Å². The zero-order valence-corrected chi connectivity index (χ0v) is 15.3. The average molecular weight is 390 g/mol. The number of amides is 1. The van der Waals surface area contributed by atoms with E-state index in [4.69, 9.17) is 9.47 Å². The molecule has 2 rings (SSSR count). The van der Waals surface area contributed by atoms with E-state index in [1.165, 1.54) is 16.2 Å². The summed E-state index contributed by atoms with van der Waals surface area (Å²) in [4.78, 5) is 27.2. The number of carbonyl (C=O) groups excluding carboxylic acids is 2. The van der Waals surface area contributed by atoms with Gasteiger partial charge in [0, 0.05) is 17.8 Å². The minimum Gasteiger partial charge on any atom is -0.444 e. The van der Waals surface area contributed by atoms with Crippen LogP contribution in [0.1, 0.15) is 25.6 Å². The lowest BCUT2D eigenvalue weighted by Crippen LogP contribution is -2.54. The molecule has 0 radical (unpaired) electrons. The van der Waals surface area contributed by atoms with Gasteiger partial charge in [-0.05, 0) is 48.8 Å². The lowest BCUT2D eigenvalue weighted by molar-refractivity contribution is -0.129. The molecule has 1 fully saturated rings. The van der Waals surface area contributed by atoms with E-state index in [0.717, 1.165) is 8.66 Å². The molecule has 0 spiro atoms. The summed E-state index contributed by atoms with van der Waals surface area (Å²) in [6.07, 6.45) is -0.162. The number of thiophene rings is 1. The lowest BCUT2D eigenvalue weighted by Gasteiger charge is -2.35. The zero-order chi connectivity index (χ0) is 16.3. The van der Waals surface area contributed by atoms with E-state index in [0.29, 0.717) is 19.6 Å². The third-order valence-corrected chi connectivity index (χ3v) is 4.73. The summed E-state index contributed by atoms with van der Waals surface area (Å²) in [7, 11) is 0. The van der Waals surface area contributed by atoms with Crippen LogP contribution in [0.5, 0.6) is 0 Å². The van der Waals surface area contributed by atoms with Crippen molar-refractivity contribution < 1.29 is 19.1 Å². The molecule has 0 saturated carbocycles. The van der Waals surface area contributed by atoms with Crippen molar-refractivity contribution >= 4 is 39.1 Å². The Bertz CT molecular complexity index is 552. The SMILES string of the molecule is CC(C)(C)OC(=O)N1CCOCC1C(=O)Cc1ccc(Br)s1. The van der Waals surface area contributed by atoms with E-state index in [-0.39, 0.29) is 12.4 Å². The molecule has 1 atom stereocenters. The molecule has 122 valence electrons. The van der Waals surface area contributed by atoms with Gasteiger partial charge in [-0.25, -0.2) is 4.79 Å². The molecule has 1 unspecified atom stereocenters. The molecule has 1 amide bonds. The summed E-state index contributed by atoms with van der Waals surface area (Å²) in [6.45, 7) is 6.46. The number of ether oxygens (including phenoxy) is 2. The molecular formula is C15H20BrNO4S. The monoisotopic (exact) mass is 389 g/mol.